The summed E-state index contributed by atoms with van der Waals surface area (Å²) < 4.78 is 6.97. The normalized spacial score (nSPS) is 17.1. The minimum atomic E-state index is -0.508. The minimum Gasteiger partial charge on any atom is -0.376 e. The first-order chi connectivity index (χ1) is 11.1. The smallest absolute Gasteiger partial charge is 0.294 e. The van der Waals surface area contributed by atoms with Crippen molar-refractivity contribution in [2.45, 2.75) is 18.9 Å². The second kappa shape index (κ2) is 6.57. The number of nitrogens with one attached hydrogen (secondary N) is 1. The molecule has 120 valence electrons. The van der Waals surface area contributed by atoms with Gasteiger partial charge >= 0.3 is 0 Å². The van der Waals surface area contributed by atoms with Gasteiger partial charge in [0.2, 0.25) is 0 Å². The van der Waals surface area contributed by atoms with Crippen molar-refractivity contribution in [1.29, 1.82) is 0 Å². The first-order valence-corrected chi connectivity index (χ1v) is 7.32. The van der Waals surface area contributed by atoms with Gasteiger partial charge in [-0.15, -0.1) is 0 Å². The first kappa shape index (κ1) is 15.2. The van der Waals surface area contributed by atoms with Crippen molar-refractivity contribution in [3.8, 4) is 5.69 Å². The second-order valence-electron chi connectivity index (χ2n) is 5.28. The Kier molecular flexibility index (Phi) is 4.33. The maximum absolute atomic E-state index is 12.2. The van der Waals surface area contributed by atoms with E-state index in [2.05, 4.69) is 10.3 Å². The molecule has 2 aromatic rings. The van der Waals surface area contributed by atoms with Gasteiger partial charge in [-0.3, -0.25) is 14.9 Å². The number of aromatic nitrogens is 2. The highest BCUT2D eigenvalue weighted by Gasteiger charge is 2.20. The van der Waals surface area contributed by atoms with E-state index in [-0.39, 0.29) is 23.3 Å². The number of rotatable bonds is 5. The van der Waals surface area contributed by atoms with Gasteiger partial charge < -0.3 is 14.6 Å². The Balaban J connectivity index is 1.78. The van der Waals surface area contributed by atoms with Crippen LogP contribution < -0.4 is 5.32 Å². The summed E-state index contributed by atoms with van der Waals surface area (Å²) in [7, 11) is 0. The minimum absolute atomic E-state index is 0.0270. The zero-order chi connectivity index (χ0) is 16.2. The molecule has 0 aliphatic carbocycles. The maximum atomic E-state index is 12.2. The number of nitro groups is 1. The molecule has 8 nitrogen and oxygen atoms in total. The number of nitro benzene ring substituents is 1. The number of hydrogen-bond donors (Lipinski definition) is 1. The molecule has 0 saturated carbocycles. The molecule has 3 rings (SSSR count). The van der Waals surface area contributed by atoms with Crippen molar-refractivity contribution in [2.75, 3.05) is 13.2 Å². The molecule has 23 heavy (non-hydrogen) atoms. The van der Waals surface area contributed by atoms with Gasteiger partial charge in [-0.1, -0.05) is 0 Å². The van der Waals surface area contributed by atoms with Crippen molar-refractivity contribution in [3.63, 3.8) is 0 Å². The molecule has 8 heteroatoms. The topological polar surface area (TPSA) is 99.3 Å². The van der Waals surface area contributed by atoms with Crippen molar-refractivity contribution in [3.05, 3.63) is 52.6 Å². The van der Waals surface area contributed by atoms with Crippen LogP contribution in [-0.4, -0.2) is 39.6 Å². The van der Waals surface area contributed by atoms with Crippen LogP contribution in [-0.2, 0) is 4.74 Å². The fourth-order valence-electron chi connectivity index (χ4n) is 2.54. The second-order valence-corrected chi connectivity index (χ2v) is 5.28. The molecular weight excluding hydrogens is 300 g/mol. The maximum Gasteiger partial charge on any atom is 0.294 e. The van der Waals surface area contributed by atoms with Crippen LogP contribution >= 0.6 is 0 Å². The standard InChI is InChI=1S/C15H16N4O4/c20-15(17-9-12-2-1-7-23-12)11-3-4-13(14(8-11)19(21)22)18-6-5-16-10-18/h3-6,8,10,12H,1-2,7,9H2,(H,17,20). The number of amides is 1. The van der Waals surface area contributed by atoms with E-state index < -0.39 is 4.92 Å². The van der Waals surface area contributed by atoms with E-state index in [1.807, 2.05) is 0 Å². The summed E-state index contributed by atoms with van der Waals surface area (Å²) >= 11 is 0. The molecule has 0 radical (unpaired) electrons. The molecule has 0 spiro atoms. The molecule has 1 amide bonds. The van der Waals surface area contributed by atoms with Crippen LogP contribution in [0, 0.1) is 10.1 Å². The molecule has 1 fully saturated rings. The van der Waals surface area contributed by atoms with Crippen molar-refractivity contribution >= 4 is 11.6 Å². The molecular formula is C15H16N4O4. The molecule has 1 aliphatic heterocycles. The van der Waals surface area contributed by atoms with Gasteiger partial charge in [-0.2, -0.15) is 0 Å². The highest BCUT2D eigenvalue weighted by Crippen LogP contribution is 2.24. The van der Waals surface area contributed by atoms with Gasteiger partial charge in [-0.25, -0.2) is 4.98 Å². The van der Waals surface area contributed by atoms with E-state index in [9.17, 15) is 14.9 Å². The van der Waals surface area contributed by atoms with Crippen LogP contribution in [0.5, 0.6) is 0 Å². The van der Waals surface area contributed by atoms with Gasteiger partial charge in [0.25, 0.3) is 11.6 Å². The predicted molar refractivity (Wildman–Crippen MR) is 81.5 cm³/mol. The summed E-state index contributed by atoms with van der Waals surface area (Å²) in [6.45, 7) is 1.13. The lowest BCUT2D eigenvalue weighted by molar-refractivity contribution is -0.384. The number of ether oxygens (including phenoxy) is 1. The molecule has 1 aliphatic rings. The van der Waals surface area contributed by atoms with E-state index in [1.165, 1.54) is 23.2 Å². The first-order valence-electron chi connectivity index (χ1n) is 7.32. The highest BCUT2D eigenvalue weighted by molar-refractivity contribution is 5.95. The van der Waals surface area contributed by atoms with Gasteiger partial charge in [0, 0.05) is 37.2 Å². The molecule has 1 saturated heterocycles. The zero-order valence-corrected chi connectivity index (χ0v) is 12.3. The van der Waals surface area contributed by atoms with Crippen LogP contribution in [0.25, 0.3) is 5.69 Å². The Morgan fingerprint density at radius 1 is 1.52 bits per heavy atom. The average Bonchev–Trinajstić information content (AvgIpc) is 3.25. The quantitative estimate of drug-likeness (QED) is 0.668. The molecule has 0 bridgehead atoms. The molecule has 1 atom stereocenters. The van der Waals surface area contributed by atoms with Crippen molar-refractivity contribution in [1.82, 2.24) is 14.9 Å². The summed E-state index contributed by atoms with van der Waals surface area (Å²) in [5, 5.41) is 14.0. The van der Waals surface area contributed by atoms with Crippen molar-refractivity contribution < 1.29 is 14.5 Å². The van der Waals surface area contributed by atoms with E-state index >= 15 is 0 Å². The fraction of sp³-hybridized carbons (Fsp3) is 0.333. The van der Waals surface area contributed by atoms with Gasteiger partial charge in [0.1, 0.15) is 5.69 Å². The molecule has 2 heterocycles. The van der Waals surface area contributed by atoms with E-state index in [0.717, 1.165) is 12.8 Å². The lowest BCUT2D eigenvalue weighted by atomic mass is 10.1. The van der Waals surface area contributed by atoms with E-state index in [0.29, 0.717) is 18.8 Å². The molecule has 1 aromatic carbocycles. The van der Waals surface area contributed by atoms with Gasteiger partial charge in [-0.05, 0) is 25.0 Å². The third-order valence-corrected chi connectivity index (χ3v) is 3.73. The lowest BCUT2D eigenvalue weighted by Crippen LogP contribution is -2.31. The predicted octanol–water partition coefficient (Wildman–Crippen LogP) is 1.69. The third-order valence-electron chi connectivity index (χ3n) is 3.73. The number of hydrogen-bond acceptors (Lipinski definition) is 5. The summed E-state index contributed by atoms with van der Waals surface area (Å²) in [4.78, 5) is 26.8. The summed E-state index contributed by atoms with van der Waals surface area (Å²) in [5.41, 5.74) is 0.467. The highest BCUT2D eigenvalue weighted by atomic mass is 16.6. The number of carbonyl (C=O) groups is 1. The third kappa shape index (κ3) is 3.37. The number of nitrogens with zero attached hydrogens (tertiary/aromatic N) is 3. The Bertz CT molecular complexity index is 708. The van der Waals surface area contributed by atoms with Crippen LogP contribution in [0.15, 0.2) is 36.9 Å². The number of benzene rings is 1. The summed E-state index contributed by atoms with van der Waals surface area (Å²) in [6, 6.07) is 4.38. The Morgan fingerprint density at radius 3 is 3.04 bits per heavy atom. The van der Waals surface area contributed by atoms with Gasteiger partial charge in [0.15, 0.2) is 0 Å². The zero-order valence-electron chi connectivity index (χ0n) is 12.3. The SMILES string of the molecule is O=C(NCC1CCCO1)c1ccc(-n2ccnc2)c([N+](=O)[O-])c1. The summed E-state index contributed by atoms with van der Waals surface area (Å²) in [6.07, 6.45) is 6.55. The van der Waals surface area contributed by atoms with E-state index in [4.69, 9.17) is 4.74 Å². The number of carbonyl (C=O) groups excluding carboxylic acids is 1. The van der Waals surface area contributed by atoms with Crippen LogP contribution in [0.3, 0.4) is 0 Å². The Hall–Kier alpha value is -2.74. The van der Waals surface area contributed by atoms with Crippen LogP contribution in [0.1, 0.15) is 23.2 Å². The van der Waals surface area contributed by atoms with E-state index in [1.54, 1.807) is 18.3 Å². The largest absolute Gasteiger partial charge is 0.376 e. The number of imidazole rings is 1. The molecule has 1 aromatic heterocycles. The monoisotopic (exact) mass is 316 g/mol. The Labute approximate surface area is 132 Å². The summed E-state index contributed by atoms with van der Waals surface area (Å²) in [5.74, 6) is -0.346. The van der Waals surface area contributed by atoms with Crippen LogP contribution in [0.2, 0.25) is 0 Å². The fourth-order valence-corrected chi connectivity index (χ4v) is 2.54. The van der Waals surface area contributed by atoms with Crippen molar-refractivity contribution in [2.24, 2.45) is 0 Å². The molecule has 1 N–H and O–H groups in total. The van der Waals surface area contributed by atoms with Crippen LogP contribution in [0.4, 0.5) is 5.69 Å². The Morgan fingerprint density at radius 2 is 2.39 bits per heavy atom. The lowest BCUT2D eigenvalue weighted by Gasteiger charge is -2.11. The van der Waals surface area contributed by atoms with Gasteiger partial charge in [0.05, 0.1) is 17.4 Å². The average molecular weight is 316 g/mol. The molecule has 1 unspecified atom stereocenters.